The van der Waals surface area contributed by atoms with Gasteiger partial charge in [0.05, 0.1) is 17.5 Å². The molecule has 0 saturated carbocycles. The molecule has 1 heterocycles. The van der Waals surface area contributed by atoms with Crippen LogP contribution in [0.25, 0.3) is 0 Å². The van der Waals surface area contributed by atoms with E-state index in [4.69, 9.17) is 0 Å². The second kappa shape index (κ2) is 6.03. The van der Waals surface area contributed by atoms with Crippen molar-refractivity contribution in [3.8, 4) is 0 Å². The molecule has 1 aromatic rings. The van der Waals surface area contributed by atoms with Crippen LogP contribution in [0.15, 0.2) is 18.2 Å². The lowest BCUT2D eigenvalue weighted by Gasteiger charge is -2.25. The average molecular weight is 311 g/mol. The summed E-state index contributed by atoms with van der Waals surface area (Å²) in [6, 6.07) is 5.27. The largest absolute Gasteiger partial charge is 0.337 e. The highest BCUT2D eigenvalue weighted by atomic mass is 32.2. The molecule has 1 aliphatic heterocycles. The fourth-order valence-corrected chi connectivity index (χ4v) is 3.03. The van der Waals surface area contributed by atoms with Crippen molar-refractivity contribution >= 4 is 21.6 Å². The van der Waals surface area contributed by atoms with Crippen molar-refractivity contribution < 1.29 is 13.2 Å². The number of sulfonamides is 1. The zero-order chi connectivity index (χ0) is 15.6. The zero-order valence-corrected chi connectivity index (χ0v) is 13.3. The normalized spacial score (nSPS) is 18.5. The monoisotopic (exact) mass is 311 g/mol. The van der Waals surface area contributed by atoms with E-state index in [9.17, 15) is 13.2 Å². The summed E-state index contributed by atoms with van der Waals surface area (Å²) in [4.78, 5) is 14.3. The lowest BCUT2D eigenvalue weighted by Crippen LogP contribution is -2.38. The first-order valence-corrected chi connectivity index (χ1v) is 8.73. The van der Waals surface area contributed by atoms with Gasteiger partial charge in [-0.25, -0.2) is 8.42 Å². The third-order valence-electron chi connectivity index (χ3n) is 3.60. The van der Waals surface area contributed by atoms with Crippen molar-refractivity contribution in [1.82, 2.24) is 10.2 Å². The molecule has 1 aromatic carbocycles. The Bertz CT molecular complexity index is 637. The van der Waals surface area contributed by atoms with Crippen molar-refractivity contribution in [2.45, 2.75) is 19.4 Å². The zero-order valence-electron chi connectivity index (χ0n) is 12.5. The van der Waals surface area contributed by atoms with Gasteiger partial charge in [-0.2, -0.15) is 0 Å². The van der Waals surface area contributed by atoms with Crippen LogP contribution >= 0.6 is 0 Å². The van der Waals surface area contributed by atoms with E-state index in [1.54, 1.807) is 30.1 Å². The number of rotatable bonds is 4. The van der Waals surface area contributed by atoms with Crippen molar-refractivity contribution in [2.75, 3.05) is 31.1 Å². The highest BCUT2D eigenvalue weighted by molar-refractivity contribution is 7.92. The summed E-state index contributed by atoms with van der Waals surface area (Å²) >= 11 is 0. The molecule has 7 heteroatoms. The van der Waals surface area contributed by atoms with Crippen LogP contribution in [0.3, 0.4) is 0 Å². The summed E-state index contributed by atoms with van der Waals surface area (Å²) in [6.45, 7) is 3.53. The van der Waals surface area contributed by atoms with E-state index < -0.39 is 10.0 Å². The van der Waals surface area contributed by atoms with Crippen LogP contribution in [-0.2, 0) is 10.0 Å². The highest BCUT2D eigenvalue weighted by Gasteiger charge is 2.26. The Kier molecular flexibility index (Phi) is 4.53. The Morgan fingerprint density at radius 3 is 2.71 bits per heavy atom. The first-order valence-electron chi connectivity index (χ1n) is 6.84. The van der Waals surface area contributed by atoms with Crippen LogP contribution in [0, 0.1) is 6.92 Å². The number of carbonyl (C=O) groups is 1. The predicted molar refractivity (Wildman–Crippen MR) is 83.0 cm³/mol. The van der Waals surface area contributed by atoms with Gasteiger partial charge in [0.1, 0.15) is 0 Å². The molecule has 1 aliphatic rings. The van der Waals surface area contributed by atoms with Crippen molar-refractivity contribution in [2.24, 2.45) is 0 Å². The van der Waals surface area contributed by atoms with Crippen LogP contribution in [0.5, 0.6) is 0 Å². The molecule has 1 atom stereocenters. The van der Waals surface area contributed by atoms with Gasteiger partial charge in [-0.15, -0.1) is 0 Å². The minimum absolute atomic E-state index is 0.143. The molecule has 21 heavy (non-hydrogen) atoms. The molecule has 0 aromatic heterocycles. The van der Waals surface area contributed by atoms with Gasteiger partial charge < -0.3 is 10.2 Å². The fourth-order valence-electron chi connectivity index (χ4n) is 2.45. The molecule has 6 nitrogen and oxygen atoms in total. The van der Waals surface area contributed by atoms with Gasteiger partial charge in [0.25, 0.3) is 5.91 Å². The number of nitrogens with one attached hydrogen (secondary N) is 2. The maximum Gasteiger partial charge on any atom is 0.256 e. The van der Waals surface area contributed by atoms with E-state index in [0.717, 1.165) is 31.3 Å². The summed E-state index contributed by atoms with van der Waals surface area (Å²) < 4.78 is 25.3. The number of amides is 1. The molecule has 0 spiro atoms. The van der Waals surface area contributed by atoms with Gasteiger partial charge >= 0.3 is 0 Å². The standard InChI is InChI=1S/C14H21N3O3S/c1-10-4-5-13(16-21(3,19)20)12(8-10)14(18)17(2)11-6-7-15-9-11/h4-5,8,11,15-16H,6-7,9H2,1-3H3. The molecule has 116 valence electrons. The van der Waals surface area contributed by atoms with E-state index in [2.05, 4.69) is 10.0 Å². The van der Waals surface area contributed by atoms with E-state index in [1.807, 2.05) is 6.92 Å². The number of benzene rings is 1. The lowest BCUT2D eigenvalue weighted by atomic mass is 10.1. The van der Waals surface area contributed by atoms with Crippen LogP contribution in [0.2, 0.25) is 0 Å². The first kappa shape index (κ1) is 15.8. The number of carbonyl (C=O) groups excluding carboxylic acids is 1. The molecule has 0 radical (unpaired) electrons. The van der Waals surface area contributed by atoms with Crippen LogP contribution in [0.1, 0.15) is 22.3 Å². The minimum Gasteiger partial charge on any atom is -0.337 e. The quantitative estimate of drug-likeness (QED) is 0.862. The van der Waals surface area contributed by atoms with E-state index >= 15 is 0 Å². The Labute approximate surface area is 125 Å². The summed E-state index contributed by atoms with van der Waals surface area (Å²) in [5.74, 6) is -0.168. The maximum absolute atomic E-state index is 12.7. The molecule has 1 unspecified atom stereocenters. The van der Waals surface area contributed by atoms with Gasteiger partial charge in [0, 0.05) is 19.6 Å². The topological polar surface area (TPSA) is 78.5 Å². The smallest absolute Gasteiger partial charge is 0.256 e. The highest BCUT2D eigenvalue weighted by Crippen LogP contribution is 2.21. The van der Waals surface area contributed by atoms with E-state index in [-0.39, 0.29) is 11.9 Å². The molecule has 1 saturated heterocycles. The Morgan fingerprint density at radius 1 is 1.43 bits per heavy atom. The third-order valence-corrected chi connectivity index (χ3v) is 4.19. The molecule has 2 N–H and O–H groups in total. The molecule has 0 aliphatic carbocycles. The second-order valence-corrected chi connectivity index (χ2v) is 7.23. The number of hydrogen-bond acceptors (Lipinski definition) is 4. The molecule has 0 bridgehead atoms. The van der Waals surface area contributed by atoms with Crippen LogP contribution in [0.4, 0.5) is 5.69 Å². The van der Waals surface area contributed by atoms with Gasteiger partial charge in [-0.05, 0) is 32.0 Å². The average Bonchev–Trinajstić information content (AvgIpc) is 2.91. The fraction of sp³-hybridized carbons (Fsp3) is 0.500. The lowest BCUT2D eigenvalue weighted by molar-refractivity contribution is 0.0745. The Balaban J connectivity index is 2.32. The number of likely N-dealkylation sites (N-methyl/N-ethyl adjacent to an activating group) is 1. The Morgan fingerprint density at radius 2 is 2.14 bits per heavy atom. The summed E-state index contributed by atoms with van der Waals surface area (Å²) in [5.41, 5.74) is 1.62. The third kappa shape index (κ3) is 3.95. The van der Waals surface area contributed by atoms with E-state index in [0.29, 0.717) is 11.3 Å². The predicted octanol–water partition coefficient (Wildman–Crippen LogP) is 0.800. The molecule has 1 fully saturated rings. The SMILES string of the molecule is Cc1ccc(NS(C)(=O)=O)c(C(=O)N(C)C2CCNC2)c1. The summed E-state index contributed by atoms with van der Waals surface area (Å²) in [7, 11) is -1.67. The minimum atomic E-state index is -3.42. The molecular formula is C14H21N3O3S. The number of nitrogens with zero attached hydrogens (tertiary/aromatic N) is 1. The maximum atomic E-state index is 12.7. The molecule has 1 amide bonds. The van der Waals surface area contributed by atoms with Crippen molar-refractivity contribution in [1.29, 1.82) is 0 Å². The van der Waals surface area contributed by atoms with Gasteiger partial charge in [-0.1, -0.05) is 11.6 Å². The van der Waals surface area contributed by atoms with Crippen molar-refractivity contribution in [3.63, 3.8) is 0 Å². The molecular weight excluding hydrogens is 290 g/mol. The van der Waals surface area contributed by atoms with Gasteiger partial charge in [0.2, 0.25) is 10.0 Å². The van der Waals surface area contributed by atoms with Gasteiger partial charge in [0.15, 0.2) is 0 Å². The molecule has 2 rings (SSSR count). The van der Waals surface area contributed by atoms with Crippen molar-refractivity contribution in [3.05, 3.63) is 29.3 Å². The first-order chi connectivity index (χ1) is 9.78. The summed E-state index contributed by atoms with van der Waals surface area (Å²) in [5, 5.41) is 3.22. The van der Waals surface area contributed by atoms with Crippen LogP contribution in [-0.4, -0.2) is 51.7 Å². The van der Waals surface area contributed by atoms with Crippen LogP contribution < -0.4 is 10.0 Å². The Hall–Kier alpha value is -1.60. The van der Waals surface area contributed by atoms with E-state index in [1.165, 1.54) is 0 Å². The number of hydrogen-bond donors (Lipinski definition) is 2. The van der Waals surface area contributed by atoms with Gasteiger partial charge in [-0.3, -0.25) is 9.52 Å². The summed E-state index contributed by atoms with van der Waals surface area (Å²) in [6.07, 6.45) is 1.98. The number of anilines is 1. The second-order valence-electron chi connectivity index (χ2n) is 5.49. The number of aryl methyl sites for hydroxylation is 1.